The Labute approximate surface area is 190 Å². The molecule has 33 heavy (non-hydrogen) atoms. The third-order valence-electron chi connectivity index (χ3n) is 6.39. The van der Waals surface area contributed by atoms with E-state index in [0.717, 1.165) is 34.8 Å². The topological polar surface area (TPSA) is 56.2 Å². The van der Waals surface area contributed by atoms with Gasteiger partial charge in [0, 0.05) is 31.0 Å². The number of rotatable bonds is 5. The molecule has 0 saturated carbocycles. The Kier molecular flexibility index (Phi) is 6.30. The number of para-hydroxylation sites is 1. The molecule has 1 saturated heterocycles. The fourth-order valence-electron chi connectivity index (χ4n) is 4.45. The summed E-state index contributed by atoms with van der Waals surface area (Å²) in [5.41, 5.74) is 2.03. The summed E-state index contributed by atoms with van der Waals surface area (Å²) in [4.78, 5) is 13.5. The van der Waals surface area contributed by atoms with Gasteiger partial charge in [0.15, 0.2) is 0 Å². The van der Waals surface area contributed by atoms with Crippen LogP contribution >= 0.6 is 0 Å². The Morgan fingerprint density at radius 2 is 1.79 bits per heavy atom. The molecule has 0 radical (unpaired) electrons. The van der Waals surface area contributed by atoms with Gasteiger partial charge in [-0.1, -0.05) is 36.4 Å². The molecule has 4 rings (SSSR count). The van der Waals surface area contributed by atoms with Crippen LogP contribution in [-0.2, 0) is 27.7 Å². The monoisotopic (exact) mass is 457 g/mol. The van der Waals surface area contributed by atoms with Crippen LogP contribution in [0, 0.1) is 13.8 Å². The van der Waals surface area contributed by atoms with Crippen LogP contribution in [0.1, 0.15) is 40.9 Å². The molecule has 0 bridgehead atoms. The van der Waals surface area contributed by atoms with Crippen molar-refractivity contribution in [3.8, 4) is 5.69 Å². The highest BCUT2D eigenvalue weighted by atomic mass is 19.4. The lowest BCUT2D eigenvalue weighted by molar-refractivity contribution is -0.138. The first-order chi connectivity index (χ1) is 15.7. The van der Waals surface area contributed by atoms with Crippen molar-refractivity contribution >= 4 is 5.91 Å². The number of amides is 1. The van der Waals surface area contributed by atoms with Crippen molar-refractivity contribution in [2.75, 3.05) is 13.2 Å². The molecule has 1 aliphatic rings. The average Bonchev–Trinajstić information content (AvgIpc) is 3.11. The van der Waals surface area contributed by atoms with Gasteiger partial charge in [-0.3, -0.25) is 4.79 Å². The number of carbonyl (C=O) groups is 1. The number of alkyl halides is 3. The van der Waals surface area contributed by atoms with Crippen LogP contribution in [0.3, 0.4) is 0 Å². The summed E-state index contributed by atoms with van der Waals surface area (Å²) in [6.07, 6.45) is -3.83. The van der Waals surface area contributed by atoms with Crippen LogP contribution in [0.15, 0.2) is 54.6 Å². The summed E-state index contributed by atoms with van der Waals surface area (Å²) >= 11 is 0. The van der Waals surface area contributed by atoms with Crippen molar-refractivity contribution in [1.29, 1.82) is 0 Å². The number of nitrogens with zero attached hydrogens (tertiary/aromatic N) is 2. The van der Waals surface area contributed by atoms with Gasteiger partial charge in [-0.25, -0.2) is 4.68 Å². The van der Waals surface area contributed by atoms with Crippen molar-refractivity contribution in [2.24, 2.45) is 0 Å². The maximum Gasteiger partial charge on any atom is 0.416 e. The molecular weight excluding hydrogens is 431 g/mol. The van der Waals surface area contributed by atoms with Gasteiger partial charge in [0.1, 0.15) is 0 Å². The van der Waals surface area contributed by atoms with Crippen LogP contribution in [0.2, 0.25) is 0 Å². The largest absolute Gasteiger partial charge is 0.416 e. The number of hydrogen-bond acceptors (Lipinski definition) is 3. The summed E-state index contributed by atoms with van der Waals surface area (Å²) in [6, 6.07) is 14.8. The van der Waals surface area contributed by atoms with E-state index < -0.39 is 17.2 Å². The van der Waals surface area contributed by atoms with Crippen molar-refractivity contribution in [1.82, 2.24) is 15.1 Å². The van der Waals surface area contributed by atoms with E-state index in [0.29, 0.717) is 31.6 Å². The zero-order valence-electron chi connectivity index (χ0n) is 18.6. The first-order valence-electron chi connectivity index (χ1n) is 10.9. The van der Waals surface area contributed by atoms with Gasteiger partial charge < -0.3 is 10.1 Å². The molecule has 5 nitrogen and oxygen atoms in total. The summed E-state index contributed by atoms with van der Waals surface area (Å²) in [5, 5.41) is 7.59. The molecule has 1 aliphatic heterocycles. The second-order valence-electron chi connectivity index (χ2n) is 8.35. The van der Waals surface area contributed by atoms with Crippen LogP contribution < -0.4 is 5.32 Å². The maximum absolute atomic E-state index is 13.5. The van der Waals surface area contributed by atoms with E-state index in [2.05, 4.69) is 10.4 Å². The SMILES string of the molecule is Cc1nn(-c2ccccc2)c(C)c1CNC(=O)C1(c2cccc(C(F)(F)F)c2)CCOCC1. The van der Waals surface area contributed by atoms with E-state index in [1.807, 2.05) is 48.9 Å². The molecule has 174 valence electrons. The lowest BCUT2D eigenvalue weighted by Gasteiger charge is -2.36. The van der Waals surface area contributed by atoms with Crippen LogP contribution in [0.4, 0.5) is 13.2 Å². The molecule has 0 aliphatic carbocycles. The predicted molar refractivity (Wildman–Crippen MR) is 118 cm³/mol. The molecule has 2 aromatic carbocycles. The zero-order chi connectivity index (χ0) is 23.6. The van der Waals surface area contributed by atoms with E-state index in [-0.39, 0.29) is 12.5 Å². The summed E-state index contributed by atoms with van der Waals surface area (Å²) < 4.78 is 47.2. The van der Waals surface area contributed by atoms with Crippen molar-refractivity contribution in [3.63, 3.8) is 0 Å². The molecule has 8 heteroatoms. The minimum Gasteiger partial charge on any atom is -0.381 e. The number of benzene rings is 2. The van der Waals surface area contributed by atoms with Crippen molar-refractivity contribution in [3.05, 3.63) is 82.7 Å². The van der Waals surface area contributed by atoms with Crippen molar-refractivity contribution in [2.45, 2.75) is 44.8 Å². The highest BCUT2D eigenvalue weighted by Gasteiger charge is 2.43. The van der Waals surface area contributed by atoms with E-state index >= 15 is 0 Å². The van der Waals surface area contributed by atoms with Gasteiger partial charge in [-0.2, -0.15) is 18.3 Å². The molecule has 1 amide bonds. The maximum atomic E-state index is 13.5. The minimum absolute atomic E-state index is 0.241. The Morgan fingerprint density at radius 1 is 1.09 bits per heavy atom. The fourth-order valence-corrected chi connectivity index (χ4v) is 4.45. The number of ether oxygens (including phenoxy) is 1. The van der Waals surface area contributed by atoms with Gasteiger partial charge in [0.25, 0.3) is 0 Å². The lowest BCUT2D eigenvalue weighted by Crippen LogP contribution is -2.48. The normalized spacial score (nSPS) is 15.9. The van der Waals surface area contributed by atoms with E-state index in [1.54, 1.807) is 6.07 Å². The number of aryl methyl sites for hydroxylation is 1. The lowest BCUT2D eigenvalue weighted by atomic mass is 9.73. The molecule has 1 N–H and O–H groups in total. The Morgan fingerprint density at radius 3 is 2.45 bits per heavy atom. The van der Waals surface area contributed by atoms with E-state index in [9.17, 15) is 18.0 Å². The molecule has 0 spiro atoms. The predicted octanol–water partition coefficient (Wildman–Crippen LogP) is 4.87. The summed E-state index contributed by atoms with van der Waals surface area (Å²) in [7, 11) is 0. The number of carbonyl (C=O) groups excluding carboxylic acids is 1. The minimum atomic E-state index is -4.47. The molecular formula is C25H26F3N3O2. The van der Waals surface area contributed by atoms with Crippen LogP contribution in [0.5, 0.6) is 0 Å². The first-order valence-corrected chi connectivity index (χ1v) is 10.9. The van der Waals surface area contributed by atoms with Gasteiger partial charge in [0.2, 0.25) is 5.91 Å². The van der Waals surface area contributed by atoms with Gasteiger partial charge in [0.05, 0.1) is 22.4 Å². The smallest absolute Gasteiger partial charge is 0.381 e. The first kappa shape index (κ1) is 23.0. The van der Waals surface area contributed by atoms with Gasteiger partial charge >= 0.3 is 6.18 Å². The third kappa shape index (κ3) is 4.53. The standard InChI is InChI=1S/C25H26F3N3O2/c1-17-22(18(2)31(30-17)21-9-4-3-5-10-21)16-29-23(32)24(11-13-33-14-12-24)19-7-6-8-20(15-19)25(26,27)28/h3-10,15H,11-14,16H2,1-2H3,(H,29,32). The third-order valence-corrected chi connectivity index (χ3v) is 6.39. The number of nitrogens with one attached hydrogen (secondary N) is 1. The number of aromatic nitrogens is 2. The number of halogens is 3. The molecule has 1 aromatic heterocycles. The van der Waals surface area contributed by atoms with E-state index in [1.165, 1.54) is 6.07 Å². The van der Waals surface area contributed by atoms with E-state index in [4.69, 9.17) is 4.74 Å². The summed E-state index contributed by atoms with van der Waals surface area (Å²) in [6.45, 7) is 4.68. The Balaban J connectivity index is 1.61. The Hall–Kier alpha value is -3.13. The van der Waals surface area contributed by atoms with Crippen LogP contribution in [0.25, 0.3) is 5.69 Å². The van der Waals surface area contributed by atoms with Gasteiger partial charge in [-0.05, 0) is 50.5 Å². The average molecular weight is 457 g/mol. The van der Waals surface area contributed by atoms with Crippen molar-refractivity contribution < 1.29 is 22.7 Å². The molecule has 0 atom stereocenters. The highest BCUT2D eigenvalue weighted by molar-refractivity contribution is 5.88. The molecule has 2 heterocycles. The quantitative estimate of drug-likeness (QED) is 0.595. The Bertz CT molecular complexity index is 1130. The van der Waals surface area contributed by atoms with Crippen LogP contribution in [-0.4, -0.2) is 28.9 Å². The second-order valence-corrected chi connectivity index (χ2v) is 8.35. The molecule has 3 aromatic rings. The highest BCUT2D eigenvalue weighted by Crippen LogP contribution is 2.38. The van der Waals surface area contributed by atoms with Gasteiger partial charge in [-0.15, -0.1) is 0 Å². The molecule has 1 fully saturated rings. The zero-order valence-corrected chi connectivity index (χ0v) is 18.6. The second kappa shape index (κ2) is 9.02. The number of hydrogen-bond donors (Lipinski definition) is 1. The molecule has 0 unspecified atom stereocenters. The fraction of sp³-hybridized carbons (Fsp3) is 0.360. The summed E-state index contributed by atoms with van der Waals surface area (Å²) in [5.74, 6) is -0.295.